The van der Waals surface area contributed by atoms with Gasteiger partial charge in [0.1, 0.15) is 0 Å². The molecule has 0 aliphatic carbocycles. The molecule has 0 amide bonds. The molecule has 1 aliphatic heterocycles. The van der Waals surface area contributed by atoms with Gasteiger partial charge >= 0.3 is 6.18 Å². The number of para-hydroxylation sites is 1. The molecular formula is C14H15F3N4S. The van der Waals surface area contributed by atoms with E-state index in [0.29, 0.717) is 19.6 Å². The van der Waals surface area contributed by atoms with E-state index in [1.54, 1.807) is 11.0 Å². The molecule has 0 unspecified atom stereocenters. The molecule has 0 radical (unpaired) electrons. The van der Waals surface area contributed by atoms with Crippen LogP contribution in [-0.2, 0) is 12.7 Å². The number of benzene rings is 1. The first-order valence-electron chi connectivity index (χ1n) is 6.94. The summed E-state index contributed by atoms with van der Waals surface area (Å²) in [5.74, 6) is 0. The molecule has 0 bridgehead atoms. The van der Waals surface area contributed by atoms with Crippen molar-refractivity contribution in [3.8, 4) is 0 Å². The van der Waals surface area contributed by atoms with Crippen molar-refractivity contribution in [3.63, 3.8) is 0 Å². The number of nitrogens with zero attached hydrogens (tertiary/aromatic N) is 3. The molecule has 1 saturated heterocycles. The summed E-state index contributed by atoms with van der Waals surface area (Å²) in [5, 5.41) is 9.13. The van der Waals surface area contributed by atoms with Crippen LogP contribution in [0.1, 0.15) is 17.7 Å². The summed E-state index contributed by atoms with van der Waals surface area (Å²) in [4.78, 5) is 1.79. The lowest BCUT2D eigenvalue weighted by atomic mass is 10.1. The third-order valence-corrected chi connectivity index (χ3v) is 4.27. The molecule has 1 aromatic carbocycles. The van der Waals surface area contributed by atoms with Crippen LogP contribution >= 0.6 is 11.5 Å². The number of rotatable bonds is 4. The minimum absolute atomic E-state index is 0.156. The second kappa shape index (κ2) is 6.21. The quantitative estimate of drug-likeness (QED) is 0.937. The third-order valence-electron chi connectivity index (χ3n) is 3.72. The average Bonchev–Trinajstić information content (AvgIpc) is 3.16. The zero-order chi connectivity index (χ0) is 15.6. The smallest absolute Gasteiger partial charge is 0.369 e. The number of aromatic nitrogens is 2. The zero-order valence-corrected chi connectivity index (χ0v) is 12.5. The third kappa shape index (κ3) is 3.38. The van der Waals surface area contributed by atoms with Gasteiger partial charge in [0.2, 0.25) is 0 Å². The fraction of sp³-hybridized carbons (Fsp3) is 0.429. The summed E-state index contributed by atoms with van der Waals surface area (Å²) < 4.78 is 43.0. The maximum atomic E-state index is 13.1. The molecule has 1 aromatic heterocycles. The lowest BCUT2D eigenvalue weighted by Crippen LogP contribution is -2.32. The summed E-state index contributed by atoms with van der Waals surface area (Å²) in [7, 11) is 0. The van der Waals surface area contributed by atoms with Gasteiger partial charge < -0.3 is 10.2 Å². The summed E-state index contributed by atoms with van der Waals surface area (Å²) in [5.41, 5.74) is 0.549. The minimum Gasteiger partial charge on any atom is -0.369 e. The van der Waals surface area contributed by atoms with Crippen LogP contribution in [0.2, 0.25) is 0 Å². The van der Waals surface area contributed by atoms with Crippen LogP contribution in [-0.4, -0.2) is 28.7 Å². The molecule has 22 heavy (non-hydrogen) atoms. The number of hydrogen-bond acceptors (Lipinski definition) is 5. The number of hydrogen-bond donors (Lipinski definition) is 1. The minimum atomic E-state index is -4.33. The molecule has 0 saturated carbocycles. The Hall–Kier alpha value is -1.67. The van der Waals surface area contributed by atoms with E-state index in [1.807, 2.05) is 5.38 Å². The summed E-state index contributed by atoms with van der Waals surface area (Å²) in [6.45, 7) is 1.76. The Balaban J connectivity index is 1.65. The normalized spacial score (nSPS) is 18.9. The SMILES string of the molecule is FC(F)(F)c1ccccc1N1CC[C@@H](NCc2csnn2)C1. The lowest BCUT2D eigenvalue weighted by Gasteiger charge is -2.23. The first kappa shape index (κ1) is 15.2. The molecule has 0 spiro atoms. The Kier molecular flexibility index (Phi) is 4.30. The fourth-order valence-electron chi connectivity index (χ4n) is 2.64. The molecule has 8 heteroatoms. The van der Waals surface area contributed by atoms with Crippen molar-refractivity contribution in [2.75, 3.05) is 18.0 Å². The van der Waals surface area contributed by atoms with Crippen molar-refractivity contribution >= 4 is 17.2 Å². The number of halogens is 3. The highest BCUT2D eigenvalue weighted by molar-refractivity contribution is 7.03. The van der Waals surface area contributed by atoms with E-state index >= 15 is 0 Å². The van der Waals surface area contributed by atoms with E-state index in [2.05, 4.69) is 14.9 Å². The Labute approximate surface area is 130 Å². The highest BCUT2D eigenvalue weighted by Crippen LogP contribution is 2.37. The van der Waals surface area contributed by atoms with Gasteiger partial charge in [-0.1, -0.05) is 16.6 Å². The van der Waals surface area contributed by atoms with Crippen molar-refractivity contribution in [1.82, 2.24) is 14.9 Å². The standard InChI is InChI=1S/C14H15F3N4S/c15-14(16,17)12-3-1-2-4-13(12)21-6-5-10(8-21)18-7-11-9-22-20-19-11/h1-4,9-10,18H,5-8H2/t10-/m1/s1. The second-order valence-corrected chi connectivity index (χ2v) is 5.83. The van der Waals surface area contributed by atoms with Crippen molar-refractivity contribution in [1.29, 1.82) is 0 Å². The largest absolute Gasteiger partial charge is 0.418 e. The van der Waals surface area contributed by atoms with Crippen molar-refractivity contribution in [3.05, 3.63) is 40.9 Å². The molecule has 2 heterocycles. The van der Waals surface area contributed by atoms with Gasteiger partial charge in [0.15, 0.2) is 0 Å². The van der Waals surface area contributed by atoms with E-state index in [9.17, 15) is 13.2 Å². The van der Waals surface area contributed by atoms with E-state index in [4.69, 9.17) is 0 Å². The van der Waals surface area contributed by atoms with Crippen molar-refractivity contribution in [2.24, 2.45) is 0 Å². The van der Waals surface area contributed by atoms with Crippen LogP contribution in [0.3, 0.4) is 0 Å². The van der Waals surface area contributed by atoms with E-state index in [0.717, 1.165) is 18.2 Å². The highest BCUT2D eigenvalue weighted by Gasteiger charge is 2.36. The molecule has 1 N–H and O–H groups in total. The van der Waals surface area contributed by atoms with Gasteiger partial charge in [0, 0.05) is 36.7 Å². The van der Waals surface area contributed by atoms with Crippen LogP contribution in [0, 0.1) is 0 Å². The van der Waals surface area contributed by atoms with E-state index in [1.165, 1.54) is 23.7 Å². The monoisotopic (exact) mass is 328 g/mol. The van der Waals surface area contributed by atoms with Gasteiger partial charge in [0.05, 0.1) is 11.3 Å². The van der Waals surface area contributed by atoms with Crippen LogP contribution in [0.4, 0.5) is 18.9 Å². The predicted octanol–water partition coefficient (Wildman–Crippen LogP) is 2.93. The van der Waals surface area contributed by atoms with Crippen LogP contribution in [0.5, 0.6) is 0 Å². The molecule has 2 aromatic rings. The van der Waals surface area contributed by atoms with Crippen molar-refractivity contribution in [2.45, 2.75) is 25.2 Å². The van der Waals surface area contributed by atoms with Gasteiger partial charge in [-0.3, -0.25) is 0 Å². The topological polar surface area (TPSA) is 41.0 Å². The fourth-order valence-corrected chi connectivity index (χ4v) is 3.10. The first-order chi connectivity index (χ1) is 10.5. The maximum absolute atomic E-state index is 13.1. The molecule has 1 fully saturated rings. The van der Waals surface area contributed by atoms with Gasteiger partial charge in [0.25, 0.3) is 0 Å². The molecular weight excluding hydrogens is 313 g/mol. The lowest BCUT2D eigenvalue weighted by molar-refractivity contribution is -0.137. The Bertz CT molecular complexity index is 615. The zero-order valence-electron chi connectivity index (χ0n) is 11.7. The Morgan fingerprint density at radius 2 is 2.14 bits per heavy atom. The van der Waals surface area contributed by atoms with Crippen LogP contribution in [0.15, 0.2) is 29.6 Å². The van der Waals surface area contributed by atoms with E-state index in [-0.39, 0.29) is 11.7 Å². The van der Waals surface area contributed by atoms with Crippen LogP contribution in [0.25, 0.3) is 0 Å². The van der Waals surface area contributed by atoms with Crippen LogP contribution < -0.4 is 10.2 Å². The molecule has 1 aliphatic rings. The summed E-state index contributed by atoms with van der Waals surface area (Å²) in [6.07, 6.45) is -3.52. The summed E-state index contributed by atoms with van der Waals surface area (Å²) in [6, 6.07) is 5.90. The molecule has 4 nitrogen and oxygen atoms in total. The predicted molar refractivity (Wildman–Crippen MR) is 78.8 cm³/mol. The first-order valence-corrected chi connectivity index (χ1v) is 7.78. The number of anilines is 1. The Morgan fingerprint density at radius 1 is 1.32 bits per heavy atom. The molecule has 1 atom stereocenters. The maximum Gasteiger partial charge on any atom is 0.418 e. The molecule has 118 valence electrons. The highest BCUT2D eigenvalue weighted by atomic mass is 32.1. The Morgan fingerprint density at radius 3 is 2.86 bits per heavy atom. The van der Waals surface area contributed by atoms with Gasteiger partial charge in [-0.25, -0.2) is 0 Å². The number of nitrogens with one attached hydrogen (secondary N) is 1. The number of alkyl halides is 3. The second-order valence-electron chi connectivity index (χ2n) is 5.22. The molecule has 3 rings (SSSR count). The van der Waals surface area contributed by atoms with E-state index < -0.39 is 11.7 Å². The average molecular weight is 328 g/mol. The van der Waals surface area contributed by atoms with Gasteiger partial charge in [-0.05, 0) is 30.1 Å². The van der Waals surface area contributed by atoms with Crippen molar-refractivity contribution < 1.29 is 13.2 Å². The van der Waals surface area contributed by atoms with Gasteiger partial charge in [-0.2, -0.15) is 13.2 Å². The summed E-state index contributed by atoms with van der Waals surface area (Å²) >= 11 is 1.29. The van der Waals surface area contributed by atoms with Gasteiger partial charge in [-0.15, -0.1) is 5.10 Å².